The van der Waals surface area contributed by atoms with Gasteiger partial charge in [0, 0.05) is 6.54 Å². The first-order valence-corrected chi connectivity index (χ1v) is 8.95. The standard InChI is InChI=1S/C17H20N2O3S2/c1-18(2)10-11-22-15(20)8-9-19-16(21)14(24-17(19)23)12-13-6-4-3-5-7-13/h3-7,12H,8-11H2,1-2H3/p+1. The van der Waals surface area contributed by atoms with Crippen molar-refractivity contribution in [3.05, 3.63) is 40.8 Å². The van der Waals surface area contributed by atoms with Crippen LogP contribution in [0.4, 0.5) is 0 Å². The number of quaternary nitrogens is 1. The average Bonchev–Trinajstić information content (AvgIpc) is 2.80. The summed E-state index contributed by atoms with van der Waals surface area (Å²) in [6.45, 7) is 1.39. The third-order valence-electron chi connectivity index (χ3n) is 3.38. The molecule has 1 aliphatic rings. The Labute approximate surface area is 151 Å². The Hall–Kier alpha value is -1.70. The Bertz CT molecular complexity index is 644. The molecule has 1 amide bonds. The third-order valence-corrected chi connectivity index (χ3v) is 4.75. The molecule has 1 heterocycles. The maximum absolute atomic E-state index is 12.4. The molecule has 0 atom stereocenters. The molecular weight excluding hydrogens is 344 g/mol. The van der Waals surface area contributed by atoms with Crippen LogP contribution in [0.15, 0.2) is 35.2 Å². The number of amides is 1. The summed E-state index contributed by atoms with van der Waals surface area (Å²) in [5.41, 5.74) is 0.948. The van der Waals surface area contributed by atoms with E-state index in [0.717, 1.165) is 12.1 Å². The summed E-state index contributed by atoms with van der Waals surface area (Å²) in [5, 5.41) is 0. The van der Waals surface area contributed by atoms with Gasteiger partial charge in [-0.3, -0.25) is 14.5 Å². The van der Waals surface area contributed by atoms with E-state index in [9.17, 15) is 9.59 Å². The molecule has 1 aromatic rings. The molecule has 1 aromatic carbocycles. The third kappa shape index (κ3) is 5.43. The first-order chi connectivity index (χ1) is 11.5. The highest BCUT2D eigenvalue weighted by molar-refractivity contribution is 8.26. The molecule has 0 saturated carbocycles. The van der Waals surface area contributed by atoms with E-state index in [1.165, 1.54) is 21.6 Å². The van der Waals surface area contributed by atoms with Crippen LogP contribution in [-0.4, -0.2) is 54.9 Å². The predicted octanol–water partition coefficient (Wildman–Crippen LogP) is 0.966. The van der Waals surface area contributed by atoms with E-state index in [0.29, 0.717) is 15.8 Å². The fourth-order valence-corrected chi connectivity index (χ4v) is 3.35. The number of esters is 1. The van der Waals surface area contributed by atoms with Crippen LogP contribution in [0.25, 0.3) is 6.08 Å². The molecule has 0 bridgehead atoms. The largest absolute Gasteiger partial charge is 0.460 e. The van der Waals surface area contributed by atoms with Gasteiger partial charge in [0.25, 0.3) is 5.91 Å². The summed E-state index contributed by atoms with van der Waals surface area (Å²) >= 11 is 6.52. The van der Waals surface area contributed by atoms with Crippen LogP contribution in [0.3, 0.4) is 0 Å². The van der Waals surface area contributed by atoms with Gasteiger partial charge in [0.1, 0.15) is 17.5 Å². The van der Waals surface area contributed by atoms with Crippen molar-refractivity contribution in [1.82, 2.24) is 4.90 Å². The maximum Gasteiger partial charge on any atom is 0.307 e. The highest BCUT2D eigenvalue weighted by atomic mass is 32.2. The molecule has 0 aromatic heterocycles. The molecule has 2 rings (SSSR count). The fourth-order valence-electron chi connectivity index (χ4n) is 2.04. The van der Waals surface area contributed by atoms with Crippen LogP contribution in [0.2, 0.25) is 0 Å². The van der Waals surface area contributed by atoms with Crippen molar-refractivity contribution in [3.8, 4) is 0 Å². The Morgan fingerprint density at radius 3 is 2.71 bits per heavy atom. The number of nitrogens with one attached hydrogen (secondary N) is 1. The number of hydrogen-bond donors (Lipinski definition) is 1. The van der Waals surface area contributed by atoms with Gasteiger partial charge in [-0.2, -0.15) is 0 Å². The van der Waals surface area contributed by atoms with Crippen LogP contribution in [-0.2, 0) is 14.3 Å². The molecule has 128 valence electrons. The molecule has 0 aliphatic carbocycles. The molecule has 1 N–H and O–H groups in total. The lowest BCUT2D eigenvalue weighted by molar-refractivity contribution is -0.858. The zero-order valence-corrected chi connectivity index (χ0v) is 15.4. The van der Waals surface area contributed by atoms with E-state index in [4.69, 9.17) is 17.0 Å². The number of carbonyl (C=O) groups excluding carboxylic acids is 2. The molecule has 0 unspecified atom stereocenters. The summed E-state index contributed by atoms with van der Waals surface area (Å²) in [5.74, 6) is -0.461. The molecule has 5 nitrogen and oxygen atoms in total. The number of thiocarbonyl (C=S) groups is 1. The highest BCUT2D eigenvalue weighted by Crippen LogP contribution is 2.32. The van der Waals surface area contributed by atoms with Crippen LogP contribution < -0.4 is 4.90 Å². The van der Waals surface area contributed by atoms with Gasteiger partial charge in [-0.25, -0.2) is 0 Å². The topological polar surface area (TPSA) is 51.1 Å². The summed E-state index contributed by atoms with van der Waals surface area (Å²) in [4.78, 5) is 27.4. The summed E-state index contributed by atoms with van der Waals surface area (Å²) in [6.07, 6.45) is 1.96. The number of thioether (sulfide) groups is 1. The number of hydrogen-bond acceptors (Lipinski definition) is 5. The van der Waals surface area contributed by atoms with Gasteiger partial charge in [-0.15, -0.1) is 0 Å². The van der Waals surface area contributed by atoms with Crippen molar-refractivity contribution < 1.29 is 19.2 Å². The fraction of sp³-hybridized carbons (Fsp3) is 0.353. The Morgan fingerprint density at radius 2 is 2.04 bits per heavy atom. The van der Waals surface area contributed by atoms with E-state index in [2.05, 4.69) is 0 Å². The van der Waals surface area contributed by atoms with Crippen LogP contribution in [0, 0.1) is 0 Å². The van der Waals surface area contributed by atoms with Crippen molar-refractivity contribution in [2.75, 3.05) is 33.8 Å². The van der Waals surface area contributed by atoms with Crippen LogP contribution in [0.1, 0.15) is 12.0 Å². The molecule has 7 heteroatoms. The molecular formula is C17H21N2O3S2+. The number of ether oxygens (including phenoxy) is 1. The van der Waals surface area contributed by atoms with E-state index >= 15 is 0 Å². The predicted molar refractivity (Wildman–Crippen MR) is 99.6 cm³/mol. The van der Waals surface area contributed by atoms with E-state index < -0.39 is 0 Å². The van der Waals surface area contributed by atoms with Crippen LogP contribution >= 0.6 is 24.0 Å². The Balaban J connectivity index is 1.88. The zero-order chi connectivity index (χ0) is 17.5. The van der Waals surface area contributed by atoms with Crippen molar-refractivity contribution in [2.45, 2.75) is 6.42 Å². The van der Waals surface area contributed by atoms with Gasteiger partial charge in [-0.1, -0.05) is 54.3 Å². The highest BCUT2D eigenvalue weighted by Gasteiger charge is 2.32. The quantitative estimate of drug-likeness (QED) is 0.443. The molecule has 1 saturated heterocycles. The number of nitrogens with zero attached hydrogens (tertiary/aromatic N) is 1. The van der Waals surface area contributed by atoms with Gasteiger partial charge in [0.05, 0.1) is 25.4 Å². The minimum atomic E-state index is -0.308. The van der Waals surface area contributed by atoms with E-state index in [1.54, 1.807) is 0 Å². The molecule has 0 radical (unpaired) electrons. The van der Waals surface area contributed by atoms with Gasteiger partial charge < -0.3 is 9.64 Å². The SMILES string of the molecule is C[NH+](C)CCOC(=O)CCN1C(=O)C(=Cc2ccccc2)SC1=S. The lowest BCUT2D eigenvalue weighted by Gasteiger charge is -2.14. The summed E-state index contributed by atoms with van der Waals surface area (Å²) in [6, 6.07) is 9.61. The number of likely N-dealkylation sites (N-methyl/N-ethyl adjacent to an activating group) is 1. The Morgan fingerprint density at radius 1 is 1.33 bits per heavy atom. The zero-order valence-electron chi connectivity index (χ0n) is 13.8. The minimum absolute atomic E-state index is 0.147. The molecule has 0 spiro atoms. The second kappa shape index (κ2) is 8.96. The second-order valence-corrected chi connectivity index (χ2v) is 7.35. The van der Waals surface area contributed by atoms with E-state index in [-0.39, 0.29) is 24.8 Å². The lowest BCUT2D eigenvalue weighted by atomic mass is 10.2. The minimum Gasteiger partial charge on any atom is -0.460 e. The summed E-state index contributed by atoms with van der Waals surface area (Å²) < 4.78 is 5.62. The number of carbonyl (C=O) groups is 2. The van der Waals surface area contributed by atoms with Crippen molar-refractivity contribution in [1.29, 1.82) is 0 Å². The van der Waals surface area contributed by atoms with Gasteiger partial charge >= 0.3 is 5.97 Å². The molecule has 24 heavy (non-hydrogen) atoms. The first-order valence-electron chi connectivity index (χ1n) is 7.72. The average molecular weight is 366 g/mol. The smallest absolute Gasteiger partial charge is 0.307 e. The first kappa shape index (κ1) is 18.6. The van der Waals surface area contributed by atoms with Gasteiger partial charge in [-0.05, 0) is 11.6 Å². The summed E-state index contributed by atoms with van der Waals surface area (Å²) in [7, 11) is 3.99. The monoisotopic (exact) mass is 365 g/mol. The molecule has 1 fully saturated rings. The lowest BCUT2D eigenvalue weighted by Crippen LogP contribution is -3.06. The van der Waals surface area contributed by atoms with Crippen LogP contribution in [0.5, 0.6) is 0 Å². The normalized spacial score (nSPS) is 16.3. The Kier molecular flexibility index (Phi) is 6.96. The van der Waals surface area contributed by atoms with Crippen molar-refractivity contribution in [3.63, 3.8) is 0 Å². The van der Waals surface area contributed by atoms with Crippen molar-refractivity contribution >= 4 is 46.3 Å². The van der Waals surface area contributed by atoms with Gasteiger partial charge in [0.15, 0.2) is 0 Å². The maximum atomic E-state index is 12.4. The number of benzene rings is 1. The second-order valence-electron chi connectivity index (χ2n) is 5.67. The van der Waals surface area contributed by atoms with E-state index in [1.807, 2.05) is 50.5 Å². The number of rotatable bonds is 7. The van der Waals surface area contributed by atoms with Gasteiger partial charge in [0.2, 0.25) is 0 Å². The molecule has 1 aliphatic heterocycles. The van der Waals surface area contributed by atoms with Crippen molar-refractivity contribution in [2.24, 2.45) is 0 Å².